The van der Waals surface area contributed by atoms with Gasteiger partial charge in [0.1, 0.15) is 5.60 Å². The summed E-state index contributed by atoms with van der Waals surface area (Å²) in [6.07, 6.45) is 2.44. The van der Waals surface area contributed by atoms with Gasteiger partial charge in [0.25, 0.3) is 0 Å². The molecule has 1 aromatic rings. The number of benzene rings is 1. The van der Waals surface area contributed by atoms with Crippen molar-refractivity contribution in [3.8, 4) is 0 Å². The number of aliphatic hydroxyl groups is 1. The van der Waals surface area contributed by atoms with Crippen LogP contribution in [0.5, 0.6) is 0 Å². The number of hydrogen-bond donors (Lipinski definition) is 1. The van der Waals surface area contributed by atoms with Gasteiger partial charge >= 0.3 is 0 Å². The Balaban J connectivity index is 2.65. The summed E-state index contributed by atoms with van der Waals surface area (Å²) in [5.41, 5.74) is 2.89. The van der Waals surface area contributed by atoms with Crippen molar-refractivity contribution >= 4 is 15.9 Å². The highest BCUT2D eigenvalue weighted by Gasteiger charge is 2.39. The van der Waals surface area contributed by atoms with Gasteiger partial charge in [0, 0.05) is 16.8 Å². The van der Waals surface area contributed by atoms with Crippen molar-refractivity contribution in [1.29, 1.82) is 0 Å². The van der Waals surface area contributed by atoms with Crippen LogP contribution in [0.4, 0.5) is 0 Å². The van der Waals surface area contributed by atoms with E-state index in [0.29, 0.717) is 18.9 Å². The van der Waals surface area contributed by atoms with Crippen LogP contribution in [0, 0.1) is 6.92 Å². The Kier molecular flexibility index (Phi) is 3.95. The van der Waals surface area contributed by atoms with Crippen LogP contribution >= 0.6 is 15.9 Å². The fourth-order valence-electron chi connectivity index (χ4n) is 2.67. The molecular formula is C15H19BrO2. The molecule has 0 aromatic heterocycles. The Morgan fingerprint density at radius 3 is 2.94 bits per heavy atom. The van der Waals surface area contributed by atoms with Crippen molar-refractivity contribution in [2.45, 2.75) is 31.8 Å². The highest BCUT2D eigenvalue weighted by molar-refractivity contribution is 9.10. The van der Waals surface area contributed by atoms with E-state index in [2.05, 4.69) is 48.5 Å². The summed E-state index contributed by atoms with van der Waals surface area (Å²) in [7, 11) is 0. The van der Waals surface area contributed by atoms with E-state index in [0.717, 1.165) is 10.0 Å². The smallest absolute Gasteiger partial charge is 0.120 e. The molecule has 0 saturated carbocycles. The minimum Gasteiger partial charge on any atom is -0.393 e. The third-order valence-electron chi connectivity index (χ3n) is 3.60. The van der Waals surface area contributed by atoms with Crippen LogP contribution in [-0.2, 0) is 10.3 Å². The Morgan fingerprint density at radius 2 is 2.33 bits per heavy atom. The highest BCUT2D eigenvalue weighted by atomic mass is 79.9. The van der Waals surface area contributed by atoms with Crippen molar-refractivity contribution in [2.24, 2.45) is 0 Å². The predicted molar refractivity (Wildman–Crippen MR) is 76.8 cm³/mol. The maximum absolute atomic E-state index is 9.80. The number of halogens is 1. The summed E-state index contributed by atoms with van der Waals surface area (Å²) in [5, 5.41) is 9.80. The number of rotatable bonds is 3. The number of aliphatic hydroxyl groups excluding tert-OH is 1. The number of fused-ring (bicyclic) bond motifs is 1. The van der Waals surface area contributed by atoms with Gasteiger partial charge < -0.3 is 9.84 Å². The average molecular weight is 311 g/mol. The van der Waals surface area contributed by atoms with E-state index in [1.165, 1.54) is 11.1 Å². The average Bonchev–Trinajstić information content (AvgIpc) is 2.32. The van der Waals surface area contributed by atoms with Gasteiger partial charge in [-0.05, 0) is 29.7 Å². The van der Waals surface area contributed by atoms with E-state index >= 15 is 0 Å². The molecule has 1 N–H and O–H groups in total. The van der Waals surface area contributed by atoms with Gasteiger partial charge in [-0.3, -0.25) is 0 Å². The van der Waals surface area contributed by atoms with Gasteiger partial charge in [-0.25, -0.2) is 0 Å². The Labute approximate surface area is 117 Å². The van der Waals surface area contributed by atoms with E-state index in [1.54, 1.807) is 0 Å². The number of aryl methyl sites for hydroxylation is 1. The van der Waals surface area contributed by atoms with E-state index < -0.39 is 5.60 Å². The van der Waals surface area contributed by atoms with Crippen LogP contribution in [0.2, 0.25) is 0 Å². The molecule has 0 radical (unpaired) electrons. The summed E-state index contributed by atoms with van der Waals surface area (Å²) < 4.78 is 7.07. The summed E-state index contributed by atoms with van der Waals surface area (Å²) in [4.78, 5) is 0. The standard InChI is InChI=1S/C15H19BrO2/c1-4-5-15(9-17)12-6-10(2)7-13(16)14(12)11(3)8-18-15/h4,6-7,11,17H,1,5,8-9H2,2-3H3/t11-,15?/m1/s1. The maximum Gasteiger partial charge on any atom is 0.120 e. The SMILES string of the molecule is C=CCC1(CO)OC[C@@H](C)c2c(Br)cc(C)cc21. The van der Waals surface area contributed by atoms with Crippen molar-refractivity contribution in [2.75, 3.05) is 13.2 Å². The molecule has 1 heterocycles. The lowest BCUT2D eigenvalue weighted by molar-refractivity contribution is -0.0982. The lowest BCUT2D eigenvalue weighted by Gasteiger charge is -2.40. The van der Waals surface area contributed by atoms with Gasteiger partial charge in [0.2, 0.25) is 0 Å². The molecule has 0 spiro atoms. The molecule has 0 bridgehead atoms. The molecule has 1 aromatic carbocycles. The first-order chi connectivity index (χ1) is 8.54. The molecule has 0 fully saturated rings. The predicted octanol–water partition coefficient (Wildman–Crippen LogP) is 3.65. The molecule has 2 rings (SSSR count). The van der Waals surface area contributed by atoms with E-state index in [9.17, 15) is 5.11 Å². The molecule has 1 aliphatic rings. The fourth-order valence-corrected chi connectivity index (χ4v) is 3.64. The maximum atomic E-state index is 9.80. The lowest BCUT2D eigenvalue weighted by atomic mass is 9.80. The highest BCUT2D eigenvalue weighted by Crippen LogP contribution is 2.44. The zero-order valence-corrected chi connectivity index (χ0v) is 12.5. The molecular weight excluding hydrogens is 292 g/mol. The molecule has 2 nitrogen and oxygen atoms in total. The van der Waals surface area contributed by atoms with Gasteiger partial charge in [-0.2, -0.15) is 0 Å². The monoisotopic (exact) mass is 310 g/mol. The second-order valence-corrected chi connectivity index (χ2v) is 5.92. The number of ether oxygens (including phenoxy) is 1. The zero-order valence-electron chi connectivity index (χ0n) is 10.9. The topological polar surface area (TPSA) is 29.5 Å². The van der Waals surface area contributed by atoms with Crippen molar-refractivity contribution in [3.05, 3.63) is 46.0 Å². The minimum absolute atomic E-state index is 0.0192. The molecule has 0 aliphatic carbocycles. The van der Waals surface area contributed by atoms with Crippen LogP contribution in [0.1, 0.15) is 36.0 Å². The van der Waals surface area contributed by atoms with E-state index in [1.807, 2.05) is 6.08 Å². The van der Waals surface area contributed by atoms with E-state index in [4.69, 9.17) is 4.74 Å². The van der Waals surface area contributed by atoms with Gasteiger partial charge in [-0.15, -0.1) is 6.58 Å². The molecule has 0 saturated heterocycles. The first-order valence-corrected chi connectivity index (χ1v) is 6.99. The minimum atomic E-state index is -0.627. The molecule has 1 unspecified atom stereocenters. The summed E-state index contributed by atoms with van der Waals surface area (Å²) in [6, 6.07) is 4.24. The molecule has 1 aliphatic heterocycles. The molecule has 18 heavy (non-hydrogen) atoms. The summed E-state index contributed by atoms with van der Waals surface area (Å²) in [6.45, 7) is 8.59. The Bertz CT molecular complexity index is 470. The molecule has 0 amide bonds. The Hall–Kier alpha value is -0.640. The normalized spacial score (nSPS) is 26.8. The van der Waals surface area contributed by atoms with Gasteiger partial charge in [-0.1, -0.05) is 35.0 Å². The first-order valence-electron chi connectivity index (χ1n) is 6.20. The van der Waals surface area contributed by atoms with Crippen LogP contribution < -0.4 is 0 Å². The third-order valence-corrected chi connectivity index (χ3v) is 4.25. The van der Waals surface area contributed by atoms with Crippen LogP contribution in [0.3, 0.4) is 0 Å². The van der Waals surface area contributed by atoms with Crippen LogP contribution in [0.25, 0.3) is 0 Å². The second kappa shape index (κ2) is 5.16. The van der Waals surface area contributed by atoms with Crippen molar-refractivity contribution < 1.29 is 9.84 Å². The molecule has 2 atom stereocenters. The fraction of sp³-hybridized carbons (Fsp3) is 0.467. The lowest BCUT2D eigenvalue weighted by Crippen LogP contribution is -2.40. The van der Waals surface area contributed by atoms with E-state index in [-0.39, 0.29) is 6.61 Å². The second-order valence-electron chi connectivity index (χ2n) is 5.07. The third kappa shape index (κ3) is 2.15. The zero-order chi connectivity index (χ0) is 13.3. The van der Waals surface area contributed by atoms with Crippen LogP contribution in [-0.4, -0.2) is 18.3 Å². The summed E-state index contributed by atoms with van der Waals surface area (Å²) in [5.74, 6) is 0.333. The number of hydrogen-bond acceptors (Lipinski definition) is 2. The first kappa shape index (κ1) is 13.8. The van der Waals surface area contributed by atoms with Crippen molar-refractivity contribution in [1.82, 2.24) is 0 Å². The van der Waals surface area contributed by atoms with Gasteiger partial charge in [0.05, 0.1) is 13.2 Å². The van der Waals surface area contributed by atoms with Gasteiger partial charge in [0.15, 0.2) is 0 Å². The van der Waals surface area contributed by atoms with Crippen LogP contribution in [0.15, 0.2) is 29.3 Å². The quantitative estimate of drug-likeness (QED) is 0.863. The van der Waals surface area contributed by atoms with Crippen molar-refractivity contribution in [3.63, 3.8) is 0 Å². The summed E-state index contributed by atoms with van der Waals surface area (Å²) >= 11 is 3.64. The molecule has 3 heteroatoms. The molecule has 98 valence electrons. The Morgan fingerprint density at radius 1 is 1.61 bits per heavy atom. The largest absolute Gasteiger partial charge is 0.393 e.